The summed E-state index contributed by atoms with van der Waals surface area (Å²) < 4.78 is 19.7. The molecule has 0 spiro atoms. The summed E-state index contributed by atoms with van der Waals surface area (Å²) in [7, 11) is 1.72. The van der Waals surface area contributed by atoms with Gasteiger partial charge in [-0.2, -0.15) is 0 Å². The molecule has 0 unspecified atom stereocenters. The zero-order valence-electron chi connectivity index (χ0n) is 8.85. The highest BCUT2D eigenvalue weighted by molar-refractivity contribution is 6.32. The fourth-order valence-corrected chi connectivity index (χ4v) is 1.43. The Morgan fingerprint density at radius 1 is 1.47 bits per heavy atom. The zero-order chi connectivity index (χ0) is 11.7. The molecule has 2 rings (SSSR count). The molecule has 4 nitrogen and oxygen atoms in total. The van der Waals surface area contributed by atoms with Gasteiger partial charge in [0.05, 0.1) is 11.2 Å². The van der Waals surface area contributed by atoms with Crippen molar-refractivity contribution in [3.8, 4) is 11.6 Å². The van der Waals surface area contributed by atoms with E-state index in [-0.39, 0.29) is 23.3 Å². The fraction of sp³-hybridized carbons (Fsp3) is 0.100. The van der Waals surface area contributed by atoms with Crippen LogP contribution in [-0.2, 0) is 7.05 Å². The van der Waals surface area contributed by atoms with Crippen molar-refractivity contribution in [3.05, 3.63) is 35.2 Å². The molecule has 2 aromatic rings. The van der Waals surface area contributed by atoms with Gasteiger partial charge in [0.2, 0.25) is 0 Å². The lowest BCUT2D eigenvalue weighted by Gasteiger charge is -2.04. The lowest BCUT2D eigenvalue weighted by molar-refractivity contribution is 0.454. The van der Waals surface area contributed by atoms with Gasteiger partial charge >= 0.3 is 0 Å². The van der Waals surface area contributed by atoms with Crippen molar-refractivity contribution in [1.29, 1.82) is 0 Å². The van der Waals surface area contributed by atoms with Gasteiger partial charge in [-0.05, 0) is 18.2 Å². The Balaban J connectivity index is 0.00000144. The van der Waals surface area contributed by atoms with Crippen molar-refractivity contribution >= 4 is 29.7 Å². The van der Waals surface area contributed by atoms with Gasteiger partial charge in [0, 0.05) is 7.05 Å². The number of aromatic nitrogens is 2. The first-order valence-electron chi connectivity index (χ1n) is 4.48. The molecule has 0 radical (unpaired) electrons. The van der Waals surface area contributed by atoms with Crippen LogP contribution >= 0.6 is 24.0 Å². The van der Waals surface area contributed by atoms with Gasteiger partial charge in [-0.1, -0.05) is 11.6 Å². The lowest BCUT2D eigenvalue weighted by Crippen LogP contribution is -1.92. The number of nitrogen functional groups attached to an aromatic ring is 1. The van der Waals surface area contributed by atoms with Crippen LogP contribution in [0.2, 0.25) is 5.02 Å². The van der Waals surface area contributed by atoms with Gasteiger partial charge in [0.1, 0.15) is 17.3 Å². The smallest absolute Gasteiger partial charge is 0.261 e. The van der Waals surface area contributed by atoms with Crippen molar-refractivity contribution in [2.75, 3.05) is 5.73 Å². The van der Waals surface area contributed by atoms with Crippen LogP contribution in [0.4, 0.5) is 10.1 Å². The first-order valence-corrected chi connectivity index (χ1v) is 4.86. The Morgan fingerprint density at radius 3 is 2.71 bits per heavy atom. The van der Waals surface area contributed by atoms with Gasteiger partial charge in [0.25, 0.3) is 5.88 Å². The van der Waals surface area contributed by atoms with E-state index in [0.29, 0.717) is 11.4 Å². The van der Waals surface area contributed by atoms with E-state index in [0.717, 1.165) is 6.07 Å². The van der Waals surface area contributed by atoms with Crippen LogP contribution < -0.4 is 10.5 Å². The number of hydrogen-bond acceptors (Lipinski definition) is 3. The minimum Gasteiger partial charge on any atom is -0.434 e. The molecule has 0 saturated heterocycles. The highest BCUT2D eigenvalue weighted by Gasteiger charge is 2.09. The molecule has 1 aromatic heterocycles. The number of nitrogens with two attached hydrogens (primary N) is 1. The van der Waals surface area contributed by atoms with E-state index < -0.39 is 5.82 Å². The summed E-state index contributed by atoms with van der Waals surface area (Å²) in [6, 6.07) is 3.84. The average Bonchev–Trinajstić information content (AvgIpc) is 2.50. The van der Waals surface area contributed by atoms with E-state index >= 15 is 0 Å². The Morgan fingerprint density at radius 2 is 2.18 bits per heavy atom. The maximum Gasteiger partial charge on any atom is 0.261 e. The fourth-order valence-electron chi connectivity index (χ4n) is 1.23. The normalized spacial score (nSPS) is 9.82. The molecule has 0 aliphatic rings. The molecule has 0 bridgehead atoms. The topological polar surface area (TPSA) is 53.1 Å². The summed E-state index contributed by atoms with van der Waals surface area (Å²) in [5.74, 6) is 0.135. The molecule has 92 valence electrons. The molecule has 0 saturated carbocycles. The number of hydrogen-bond donors (Lipinski definition) is 1. The second-order valence-electron chi connectivity index (χ2n) is 3.24. The molecule has 0 atom stereocenters. The van der Waals surface area contributed by atoms with E-state index in [2.05, 4.69) is 5.10 Å². The molecule has 1 heterocycles. The van der Waals surface area contributed by atoms with Crippen LogP contribution in [0.25, 0.3) is 0 Å². The average molecular weight is 278 g/mol. The largest absolute Gasteiger partial charge is 0.434 e. The van der Waals surface area contributed by atoms with Crippen molar-refractivity contribution < 1.29 is 9.13 Å². The van der Waals surface area contributed by atoms with Crippen LogP contribution in [0.5, 0.6) is 11.6 Å². The molecule has 0 aliphatic carbocycles. The minimum atomic E-state index is -0.425. The molecule has 0 fully saturated rings. The summed E-state index contributed by atoms with van der Waals surface area (Å²) in [5.41, 5.74) is 6.04. The number of anilines is 1. The Hall–Kier alpha value is -1.46. The van der Waals surface area contributed by atoms with E-state index in [1.165, 1.54) is 16.8 Å². The third kappa shape index (κ3) is 3.01. The SMILES string of the molecule is Cl.Cn1cc(N)c(Oc2ccc(F)cc2Cl)n1. The molecule has 0 amide bonds. The van der Waals surface area contributed by atoms with Gasteiger partial charge in [-0.3, -0.25) is 4.68 Å². The molecular weight excluding hydrogens is 268 g/mol. The third-order valence-electron chi connectivity index (χ3n) is 1.92. The van der Waals surface area contributed by atoms with Gasteiger partial charge < -0.3 is 10.5 Å². The number of halogens is 3. The van der Waals surface area contributed by atoms with Crippen LogP contribution in [0.15, 0.2) is 24.4 Å². The zero-order valence-corrected chi connectivity index (χ0v) is 10.4. The highest BCUT2D eigenvalue weighted by atomic mass is 35.5. The monoisotopic (exact) mass is 277 g/mol. The first-order chi connectivity index (χ1) is 7.56. The van der Waals surface area contributed by atoms with Crippen molar-refractivity contribution in [2.24, 2.45) is 7.05 Å². The molecule has 7 heteroatoms. The number of rotatable bonds is 2. The number of benzene rings is 1. The number of nitrogens with zero attached hydrogens (tertiary/aromatic N) is 2. The van der Waals surface area contributed by atoms with Gasteiger partial charge in [-0.25, -0.2) is 4.39 Å². The Labute approximate surface area is 109 Å². The highest BCUT2D eigenvalue weighted by Crippen LogP contribution is 2.31. The maximum absolute atomic E-state index is 12.8. The van der Waals surface area contributed by atoms with Crippen LogP contribution in [0.1, 0.15) is 0 Å². The Kier molecular flexibility index (Phi) is 4.20. The number of aryl methyl sites for hydroxylation is 1. The van der Waals surface area contributed by atoms with E-state index in [1.807, 2.05) is 0 Å². The third-order valence-corrected chi connectivity index (χ3v) is 2.22. The summed E-state index contributed by atoms with van der Waals surface area (Å²) in [4.78, 5) is 0. The Bertz CT molecular complexity index is 530. The lowest BCUT2D eigenvalue weighted by atomic mass is 10.3. The van der Waals surface area contributed by atoms with Gasteiger partial charge in [0.15, 0.2) is 0 Å². The predicted octanol–water partition coefficient (Wildman–Crippen LogP) is 3.01. The molecule has 17 heavy (non-hydrogen) atoms. The number of ether oxygens (including phenoxy) is 1. The van der Waals surface area contributed by atoms with E-state index in [4.69, 9.17) is 22.1 Å². The minimum absolute atomic E-state index is 0. The molecule has 1 aromatic carbocycles. The summed E-state index contributed by atoms with van der Waals surface area (Å²) in [6.07, 6.45) is 1.60. The van der Waals surface area contributed by atoms with Crippen molar-refractivity contribution in [1.82, 2.24) is 9.78 Å². The van der Waals surface area contributed by atoms with E-state index in [9.17, 15) is 4.39 Å². The second-order valence-corrected chi connectivity index (χ2v) is 3.65. The summed E-state index contributed by atoms with van der Waals surface area (Å²) in [6.45, 7) is 0. The van der Waals surface area contributed by atoms with Crippen LogP contribution in [0.3, 0.4) is 0 Å². The predicted molar refractivity (Wildman–Crippen MR) is 66.4 cm³/mol. The summed E-state index contributed by atoms with van der Waals surface area (Å²) >= 11 is 5.80. The standard InChI is InChI=1S/C10H9ClFN3O.ClH/c1-15-5-8(13)10(14-15)16-9-3-2-6(12)4-7(9)11;/h2-5H,13H2,1H3;1H. The summed E-state index contributed by atoms with van der Waals surface area (Å²) in [5, 5.41) is 4.16. The molecular formula is C10H10Cl2FN3O. The maximum atomic E-state index is 12.8. The second kappa shape index (κ2) is 5.25. The van der Waals surface area contributed by atoms with Crippen molar-refractivity contribution in [3.63, 3.8) is 0 Å². The van der Waals surface area contributed by atoms with Crippen molar-refractivity contribution in [2.45, 2.75) is 0 Å². The van der Waals surface area contributed by atoms with E-state index in [1.54, 1.807) is 13.2 Å². The van der Waals surface area contributed by atoms with Gasteiger partial charge in [-0.15, -0.1) is 17.5 Å². The van der Waals surface area contributed by atoms with Crippen LogP contribution in [0, 0.1) is 5.82 Å². The molecule has 0 aliphatic heterocycles. The quantitative estimate of drug-likeness (QED) is 0.918. The molecule has 2 N–H and O–H groups in total. The van der Waals surface area contributed by atoms with Crippen LogP contribution in [-0.4, -0.2) is 9.78 Å². The first kappa shape index (κ1) is 13.6.